The lowest BCUT2D eigenvalue weighted by Crippen LogP contribution is -2.35. The SMILES string of the molecule is Cc1cccc(-c2nc(C)c(CNC(C)(C)C)c(C)n2)n1. The molecular formula is C17H24N4. The van der Waals surface area contributed by atoms with Gasteiger partial charge in [0.25, 0.3) is 0 Å². The third-order valence-electron chi connectivity index (χ3n) is 3.33. The van der Waals surface area contributed by atoms with Gasteiger partial charge in [0.2, 0.25) is 0 Å². The highest BCUT2D eigenvalue weighted by Crippen LogP contribution is 2.18. The van der Waals surface area contributed by atoms with Crippen molar-refractivity contribution in [1.82, 2.24) is 20.3 Å². The van der Waals surface area contributed by atoms with Gasteiger partial charge in [0.1, 0.15) is 5.69 Å². The average Bonchev–Trinajstić information content (AvgIpc) is 2.36. The van der Waals surface area contributed by atoms with Gasteiger partial charge in [0, 0.05) is 34.7 Å². The molecule has 2 aromatic heterocycles. The van der Waals surface area contributed by atoms with Crippen LogP contribution in [0, 0.1) is 20.8 Å². The maximum atomic E-state index is 4.63. The monoisotopic (exact) mass is 284 g/mol. The molecule has 21 heavy (non-hydrogen) atoms. The topological polar surface area (TPSA) is 50.7 Å². The predicted octanol–water partition coefficient (Wildman–Crippen LogP) is 3.35. The number of hydrogen-bond acceptors (Lipinski definition) is 4. The summed E-state index contributed by atoms with van der Waals surface area (Å²) in [7, 11) is 0. The van der Waals surface area contributed by atoms with Gasteiger partial charge in [-0.15, -0.1) is 0 Å². The summed E-state index contributed by atoms with van der Waals surface area (Å²) >= 11 is 0. The Balaban J connectivity index is 2.33. The van der Waals surface area contributed by atoms with Gasteiger partial charge in [-0.05, 0) is 53.7 Å². The summed E-state index contributed by atoms with van der Waals surface area (Å²) in [6.45, 7) is 13.3. The minimum atomic E-state index is 0.0790. The zero-order valence-corrected chi connectivity index (χ0v) is 13.8. The molecule has 2 aromatic rings. The number of hydrogen-bond donors (Lipinski definition) is 1. The van der Waals surface area contributed by atoms with Crippen molar-refractivity contribution in [3.63, 3.8) is 0 Å². The molecule has 0 aliphatic carbocycles. The molecule has 4 nitrogen and oxygen atoms in total. The van der Waals surface area contributed by atoms with E-state index in [1.165, 1.54) is 5.56 Å². The Hall–Kier alpha value is -1.81. The van der Waals surface area contributed by atoms with Crippen LogP contribution in [0.3, 0.4) is 0 Å². The summed E-state index contributed by atoms with van der Waals surface area (Å²) in [6.07, 6.45) is 0. The van der Waals surface area contributed by atoms with E-state index >= 15 is 0 Å². The highest BCUT2D eigenvalue weighted by Gasteiger charge is 2.14. The van der Waals surface area contributed by atoms with Crippen molar-refractivity contribution in [2.75, 3.05) is 0 Å². The lowest BCUT2D eigenvalue weighted by Gasteiger charge is -2.22. The van der Waals surface area contributed by atoms with E-state index in [0.717, 1.165) is 29.3 Å². The van der Waals surface area contributed by atoms with E-state index < -0.39 is 0 Å². The molecule has 0 aromatic carbocycles. The number of aromatic nitrogens is 3. The predicted molar refractivity (Wildman–Crippen MR) is 86.1 cm³/mol. The molecule has 0 atom stereocenters. The molecule has 0 aliphatic rings. The standard InChI is InChI=1S/C17H24N4/c1-11-8-7-9-15(19-11)16-20-12(2)14(13(3)21-16)10-18-17(4,5)6/h7-9,18H,10H2,1-6H3. The van der Waals surface area contributed by atoms with Gasteiger partial charge >= 0.3 is 0 Å². The van der Waals surface area contributed by atoms with Crippen molar-refractivity contribution in [2.24, 2.45) is 0 Å². The third-order valence-corrected chi connectivity index (χ3v) is 3.33. The smallest absolute Gasteiger partial charge is 0.178 e. The Labute approximate surface area is 127 Å². The minimum absolute atomic E-state index is 0.0790. The summed E-state index contributed by atoms with van der Waals surface area (Å²) in [4.78, 5) is 13.8. The van der Waals surface area contributed by atoms with Gasteiger partial charge in [-0.1, -0.05) is 6.07 Å². The van der Waals surface area contributed by atoms with Crippen LogP contribution in [0.25, 0.3) is 11.5 Å². The number of rotatable bonds is 3. The molecule has 0 spiro atoms. The molecule has 1 N–H and O–H groups in total. The highest BCUT2D eigenvalue weighted by molar-refractivity contribution is 5.50. The van der Waals surface area contributed by atoms with Crippen LogP contribution in [0.1, 0.15) is 43.4 Å². The molecule has 0 saturated carbocycles. The fraction of sp³-hybridized carbons (Fsp3) is 0.471. The van der Waals surface area contributed by atoms with E-state index in [1.54, 1.807) is 0 Å². The van der Waals surface area contributed by atoms with Gasteiger partial charge in [-0.2, -0.15) is 0 Å². The molecule has 112 valence electrons. The van der Waals surface area contributed by atoms with E-state index in [0.29, 0.717) is 5.82 Å². The van der Waals surface area contributed by atoms with Crippen molar-refractivity contribution < 1.29 is 0 Å². The summed E-state index contributed by atoms with van der Waals surface area (Å²) in [6, 6.07) is 5.92. The Morgan fingerprint density at radius 1 is 0.952 bits per heavy atom. The van der Waals surface area contributed by atoms with Crippen LogP contribution in [-0.2, 0) is 6.54 Å². The van der Waals surface area contributed by atoms with Gasteiger partial charge < -0.3 is 5.32 Å². The zero-order valence-electron chi connectivity index (χ0n) is 13.8. The van der Waals surface area contributed by atoms with Gasteiger partial charge in [0.15, 0.2) is 5.82 Å². The summed E-state index contributed by atoms with van der Waals surface area (Å²) < 4.78 is 0. The molecule has 0 fully saturated rings. The molecule has 0 saturated heterocycles. The molecule has 0 amide bonds. The lowest BCUT2D eigenvalue weighted by molar-refractivity contribution is 0.422. The number of nitrogens with zero attached hydrogens (tertiary/aromatic N) is 3. The second-order valence-electron chi connectivity index (χ2n) is 6.46. The van der Waals surface area contributed by atoms with E-state index in [9.17, 15) is 0 Å². The number of aryl methyl sites for hydroxylation is 3. The van der Waals surface area contributed by atoms with Gasteiger partial charge in [-0.25, -0.2) is 15.0 Å². The van der Waals surface area contributed by atoms with Crippen LogP contribution in [0.4, 0.5) is 0 Å². The maximum absolute atomic E-state index is 4.63. The van der Waals surface area contributed by atoms with Gasteiger partial charge in [0.05, 0.1) is 0 Å². The molecule has 0 bridgehead atoms. The van der Waals surface area contributed by atoms with Crippen molar-refractivity contribution in [3.05, 3.63) is 40.8 Å². The Bertz CT molecular complexity index is 618. The highest BCUT2D eigenvalue weighted by atomic mass is 15.0. The zero-order chi connectivity index (χ0) is 15.6. The molecule has 2 rings (SSSR count). The molecule has 0 unspecified atom stereocenters. The molecule has 0 radical (unpaired) electrons. The first-order valence-corrected chi connectivity index (χ1v) is 7.29. The Kier molecular flexibility index (Phi) is 4.37. The molecular weight excluding hydrogens is 260 g/mol. The quantitative estimate of drug-likeness (QED) is 0.939. The second-order valence-corrected chi connectivity index (χ2v) is 6.46. The van der Waals surface area contributed by atoms with Crippen LogP contribution >= 0.6 is 0 Å². The lowest BCUT2D eigenvalue weighted by atomic mass is 10.1. The molecule has 0 aliphatic heterocycles. The third kappa shape index (κ3) is 4.08. The first kappa shape index (κ1) is 15.6. The van der Waals surface area contributed by atoms with E-state index in [-0.39, 0.29) is 5.54 Å². The molecule has 4 heteroatoms. The van der Waals surface area contributed by atoms with E-state index in [4.69, 9.17) is 0 Å². The summed E-state index contributed by atoms with van der Waals surface area (Å²) in [5.74, 6) is 0.702. The second kappa shape index (κ2) is 5.90. The fourth-order valence-electron chi connectivity index (χ4n) is 2.13. The number of pyridine rings is 1. The van der Waals surface area contributed by atoms with Crippen LogP contribution in [0.15, 0.2) is 18.2 Å². The number of nitrogens with one attached hydrogen (secondary N) is 1. The Morgan fingerprint density at radius 2 is 1.57 bits per heavy atom. The first-order chi connectivity index (χ1) is 9.76. The Morgan fingerprint density at radius 3 is 2.10 bits per heavy atom. The largest absolute Gasteiger partial charge is 0.308 e. The summed E-state index contributed by atoms with van der Waals surface area (Å²) in [5.41, 5.74) is 5.08. The molecule has 2 heterocycles. The normalized spacial score (nSPS) is 11.7. The van der Waals surface area contributed by atoms with Crippen molar-refractivity contribution in [1.29, 1.82) is 0 Å². The van der Waals surface area contributed by atoms with Crippen LogP contribution in [0.2, 0.25) is 0 Å². The summed E-state index contributed by atoms with van der Waals surface area (Å²) in [5, 5.41) is 3.49. The van der Waals surface area contributed by atoms with Crippen LogP contribution in [-0.4, -0.2) is 20.5 Å². The van der Waals surface area contributed by atoms with Crippen molar-refractivity contribution in [3.8, 4) is 11.5 Å². The van der Waals surface area contributed by atoms with Crippen LogP contribution in [0.5, 0.6) is 0 Å². The van der Waals surface area contributed by atoms with Gasteiger partial charge in [-0.3, -0.25) is 0 Å². The average molecular weight is 284 g/mol. The van der Waals surface area contributed by atoms with Crippen molar-refractivity contribution in [2.45, 2.75) is 53.6 Å². The minimum Gasteiger partial charge on any atom is -0.308 e. The van der Waals surface area contributed by atoms with E-state index in [2.05, 4.69) is 41.0 Å². The van der Waals surface area contributed by atoms with Crippen molar-refractivity contribution >= 4 is 0 Å². The first-order valence-electron chi connectivity index (χ1n) is 7.29. The maximum Gasteiger partial charge on any atom is 0.178 e. The fourth-order valence-corrected chi connectivity index (χ4v) is 2.13. The van der Waals surface area contributed by atoms with E-state index in [1.807, 2.05) is 39.0 Å². The van der Waals surface area contributed by atoms with Crippen LogP contribution < -0.4 is 5.32 Å².